The number of nitrogens with one attached hydrogen (secondary N) is 1. The van der Waals surface area contributed by atoms with Crippen molar-refractivity contribution in [2.75, 3.05) is 6.54 Å². The third-order valence-corrected chi connectivity index (χ3v) is 5.52. The van der Waals surface area contributed by atoms with Crippen LogP contribution in [0.3, 0.4) is 0 Å². The van der Waals surface area contributed by atoms with E-state index < -0.39 is 23.4 Å². The number of alkyl carbamates (subject to hydrolysis) is 1. The molecule has 0 atom stereocenters. The third kappa shape index (κ3) is 7.09. The van der Waals surface area contributed by atoms with E-state index in [-0.39, 0.29) is 0 Å². The van der Waals surface area contributed by atoms with Gasteiger partial charge in [-0.25, -0.2) is 4.79 Å². The maximum atomic E-state index is 12.8. The van der Waals surface area contributed by atoms with Gasteiger partial charge in [-0.3, -0.25) is 0 Å². The van der Waals surface area contributed by atoms with Crippen LogP contribution < -0.4 is 5.32 Å². The number of rotatable bonds is 4. The van der Waals surface area contributed by atoms with Gasteiger partial charge in [-0.15, -0.1) is 11.8 Å². The van der Waals surface area contributed by atoms with Gasteiger partial charge in [0, 0.05) is 16.7 Å². The summed E-state index contributed by atoms with van der Waals surface area (Å²) < 4.78 is 43.6. The topological polar surface area (TPSA) is 38.3 Å². The Morgan fingerprint density at radius 1 is 1.19 bits per heavy atom. The summed E-state index contributed by atoms with van der Waals surface area (Å²) in [7, 11) is 0. The number of thioether (sulfide) groups is 1. The highest BCUT2D eigenvalue weighted by molar-refractivity contribution is 8.00. The van der Waals surface area contributed by atoms with Crippen LogP contribution >= 0.6 is 11.8 Å². The Labute approximate surface area is 157 Å². The molecule has 1 aromatic carbocycles. The monoisotopic (exact) mass is 389 g/mol. The fourth-order valence-electron chi connectivity index (χ4n) is 2.93. The predicted molar refractivity (Wildman–Crippen MR) is 97.3 cm³/mol. The van der Waals surface area contributed by atoms with Crippen molar-refractivity contribution >= 4 is 17.9 Å². The highest BCUT2D eigenvalue weighted by Crippen LogP contribution is 2.38. The lowest BCUT2D eigenvalue weighted by Gasteiger charge is -2.28. The first kappa shape index (κ1) is 20.9. The first-order chi connectivity index (χ1) is 12.0. The van der Waals surface area contributed by atoms with E-state index in [0.29, 0.717) is 22.6 Å². The fourth-order valence-corrected chi connectivity index (χ4v) is 4.18. The molecule has 0 spiro atoms. The van der Waals surface area contributed by atoms with E-state index in [4.69, 9.17) is 4.74 Å². The van der Waals surface area contributed by atoms with Crippen molar-refractivity contribution < 1.29 is 22.7 Å². The number of halogens is 3. The molecule has 1 amide bonds. The zero-order chi connectivity index (χ0) is 19.4. The molecule has 0 unspecified atom stereocenters. The molecule has 0 radical (unpaired) electrons. The van der Waals surface area contributed by atoms with Crippen LogP contribution in [0, 0.1) is 5.92 Å². The highest BCUT2D eigenvalue weighted by Gasteiger charge is 2.31. The number of amides is 1. The van der Waals surface area contributed by atoms with Gasteiger partial charge in [0.2, 0.25) is 0 Å². The van der Waals surface area contributed by atoms with Gasteiger partial charge < -0.3 is 10.1 Å². The lowest BCUT2D eigenvalue weighted by Crippen LogP contribution is -2.36. The van der Waals surface area contributed by atoms with Crippen LogP contribution in [0.2, 0.25) is 0 Å². The predicted octanol–water partition coefficient (Wildman–Crippen LogP) is 5.88. The Hall–Kier alpha value is -1.37. The first-order valence-corrected chi connectivity index (χ1v) is 9.71. The van der Waals surface area contributed by atoms with Crippen LogP contribution in [0.25, 0.3) is 0 Å². The van der Waals surface area contributed by atoms with Crippen molar-refractivity contribution in [2.45, 2.75) is 68.4 Å². The van der Waals surface area contributed by atoms with Crippen molar-refractivity contribution in [3.05, 3.63) is 29.8 Å². The number of ether oxygens (including phenoxy) is 1. The minimum absolute atomic E-state index is 0.316. The second-order valence-corrected chi connectivity index (χ2v) is 9.04. The van der Waals surface area contributed by atoms with Gasteiger partial charge in [0.15, 0.2) is 0 Å². The zero-order valence-corrected chi connectivity index (χ0v) is 16.2. The first-order valence-electron chi connectivity index (χ1n) is 8.84. The van der Waals surface area contributed by atoms with Crippen LogP contribution in [0.15, 0.2) is 29.2 Å². The third-order valence-electron chi connectivity index (χ3n) is 4.19. The summed E-state index contributed by atoms with van der Waals surface area (Å²) >= 11 is 1.52. The van der Waals surface area contributed by atoms with E-state index in [1.54, 1.807) is 6.07 Å². The summed E-state index contributed by atoms with van der Waals surface area (Å²) in [6.45, 7) is 6.05. The Bertz CT molecular complexity index is 606. The van der Waals surface area contributed by atoms with Crippen molar-refractivity contribution in [1.82, 2.24) is 5.32 Å². The minimum Gasteiger partial charge on any atom is -0.444 e. The molecule has 2 rings (SSSR count). The summed E-state index contributed by atoms with van der Waals surface area (Å²) in [6.07, 6.45) is -0.943. The summed E-state index contributed by atoms with van der Waals surface area (Å²) in [4.78, 5) is 12.4. The van der Waals surface area contributed by atoms with E-state index in [0.717, 1.165) is 31.7 Å². The molecule has 1 N–H and O–H groups in total. The molecule has 1 saturated carbocycles. The van der Waals surface area contributed by atoms with Gasteiger partial charge in [0.25, 0.3) is 0 Å². The van der Waals surface area contributed by atoms with Crippen LogP contribution in [0.1, 0.15) is 52.0 Å². The van der Waals surface area contributed by atoms with Gasteiger partial charge in [-0.1, -0.05) is 6.07 Å². The molecule has 146 valence electrons. The molecule has 0 aromatic heterocycles. The molecule has 7 heteroatoms. The highest BCUT2D eigenvalue weighted by atomic mass is 32.2. The van der Waals surface area contributed by atoms with Crippen molar-refractivity contribution in [1.29, 1.82) is 0 Å². The molecule has 26 heavy (non-hydrogen) atoms. The van der Waals surface area contributed by atoms with E-state index in [1.165, 1.54) is 23.9 Å². The Morgan fingerprint density at radius 2 is 1.85 bits per heavy atom. The molecular formula is C19H26F3NO2S. The molecule has 1 fully saturated rings. The largest absolute Gasteiger partial charge is 0.444 e. The molecule has 0 heterocycles. The molecular weight excluding hydrogens is 363 g/mol. The average molecular weight is 389 g/mol. The molecule has 1 aliphatic carbocycles. The van der Waals surface area contributed by atoms with Gasteiger partial charge >= 0.3 is 12.3 Å². The maximum Gasteiger partial charge on any atom is 0.416 e. The van der Waals surface area contributed by atoms with Gasteiger partial charge in [-0.05, 0) is 70.6 Å². The van der Waals surface area contributed by atoms with Crippen LogP contribution in [0.4, 0.5) is 18.0 Å². The molecule has 3 nitrogen and oxygen atoms in total. The van der Waals surface area contributed by atoms with E-state index in [9.17, 15) is 18.0 Å². The molecule has 0 bridgehead atoms. The maximum absolute atomic E-state index is 12.8. The number of hydrogen-bond donors (Lipinski definition) is 1. The Kier molecular flexibility index (Phi) is 6.88. The second-order valence-electron chi connectivity index (χ2n) is 7.67. The smallest absolute Gasteiger partial charge is 0.416 e. The number of hydrogen-bond acceptors (Lipinski definition) is 3. The summed E-state index contributed by atoms with van der Waals surface area (Å²) in [5, 5.41) is 3.12. The summed E-state index contributed by atoms with van der Waals surface area (Å²) in [5.41, 5.74) is -1.11. The SMILES string of the molecule is CC(C)(C)OC(=O)NCC1CCC(Sc2cccc(C(F)(F)F)c2)CC1. The quantitative estimate of drug-likeness (QED) is 0.699. The molecule has 0 aliphatic heterocycles. The number of carbonyl (C=O) groups is 1. The lowest BCUT2D eigenvalue weighted by atomic mass is 9.89. The lowest BCUT2D eigenvalue weighted by molar-refractivity contribution is -0.137. The number of alkyl halides is 3. The molecule has 1 aromatic rings. The standard InChI is InChI=1S/C19H26F3NO2S/c1-18(2,3)25-17(24)23-12-13-7-9-15(10-8-13)26-16-6-4-5-14(11-16)19(20,21)22/h4-6,11,13,15H,7-10,12H2,1-3H3,(H,23,24). The van der Waals surface area contributed by atoms with Gasteiger partial charge in [-0.2, -0.15) is 13.2 Å². The van der Waals surface area contributed by atoms with E-state index in [1.807, 2.05) is 20.8 Å². The van der Waals surface area contributed by atoms with E-state index >= 15 is 0 Å². The van der Waals surface area contributed by atoms with Crippen LogP contribution in [-0.4, -0.2) is 23.5 Å². The Balaban J connectivity index is 1.76. The van der Waals surface area contributed by atoms with Crippen molar-refractivity contribution in [3.63, 3.8) is 0 Å². The number of benzene rings is 1. The zero-order valence-electron chi connectivity index (χ0n) is 15.4. The molecule has 0 saturated heterocycles. The average Bonchev–Trinajstić information content (AvgIpc) is 2.52. The van der Waals surface area contributed by atoms with Crippen LogP contribution in [-0.2, 0) is 10.9 Å². The van der Waals surface area contributed by atoms with Crippen LogP contribution in [0.5, 0.6) is 0 Å². The minimum atomic E-state index is -4.30. The fraction of sp³-hybridized carbons (Fsp3) is 0.632. The summed E-state index contributed by atoms with van der Waals surface area (Å²) in [6, 6.07) is 5.52. The molecule has 1 aliphatic rings. The van der Waals surface area contributed by atoms with E-state index in [2.05, 4.69) is 5.32 Å². The van der Waals surface area contributed by atoms with Gasteiger partial charge in [0.05, 0.1) is 5.56 Å². The van der Waals surface area contributed by atoms with Crippen molar-refractivity contribution in [2.24, 2.45) is 5.92 Å². The summed E-state index contributed by atoms with van der Waals surface area (Å²) in [5.74, 6) is 0.390. The second kappa shape index (κ2) is 8.55. The Morgan fingerprint density at radius 3 is 2.42 bits per heavy atom. The number of carbonyl (C=O) groups excluding carboxylic acids is 1. The normalized spacial score (nSPS) is 21.3. The van der Waals surface area contributed by atoms with Crippen molar-refractivity contribution in [3.8, 4) is 0 Å². The van der Waals surface area contributed by atoms with Gasteiger partial charge in [0.1, 0.15) is 5.60 Å².